The number of carbonyl (C=O) groups is 2. The van der Waals surface area contributed by atoms with Gasteiger partial charge in [0.05, 0.1) is 27.0 Å². The number of rotatable bonds is 4. The van der Waals surface area contributed by atoms with Gasteiger partial charge < -0.3 is 10.6 Å². The van der Waals surface area contributed by atoms with Gasteiger partial charge >= 0.3 is 0 Å². The molecule has 6 heteroatoms. The largest absolute Gasteiger partial charge is 0.328 e. The van der Waals surface area contributed by atoms with Gasteiger partial charge in [-0.05, 0) is 36.8 Å². The number of carbonyl (C=O) groups excluding carboxylic acids is 2. The third-order valence-electron chi connectivity index (χ3n) is 2.84. The van der Waals surface area contributed by atoms with Crippen LogP contribution in [-0.2, 0) is 4.79 Å². The summed E-state index contributed by atoms with van der Waals surface area (Å²) in [6.07, 6.45) is 0.522. The molecule has 4 nitrogen and oxygen atoms in total. The Bertz CT molecular complexity index is 682. The van der Waals surface area contributed by atoms with Gasteiger partial charge in [0, 0.05) is 0 Å². The summed E-state index contributed by atoms with van der Waals surface area (Å²) in [6.45, 7) is 1.86. The molecule has 0 saturated carbocycles. The first-order chi connectivity index (χ1) is 10.0. The molecule has 108 valence electrons. The summed E-state index contributed by atoms with van der Waals surface area (Å²) in [7, 11) is 0. The van der Waals surface area contributed by atoms with Crippen molar-refractivity contribution in [1.82, 2.24) is 0 Å². The first-order valence-electron chi connectivity index (χ1n) is 6.09. The lowest BCUT2D eigenvalue weighted by Crippen LogP contribution is -2.15. The van der Waals surface area contributed by atoms with Crippen LogP contribution in [-0.4, -0.2) is 12.3 Å². The summed E-state index contributed by atoms with van der Waals surface area (Å²) >= 11 is 12.0. The van der Waals surface area contributed by atoms with Gasteiger partial charge in [-0.2, -0.15) is 0 Å². The lowest BCUT2D eigenvalue weighted by atomic mass is 10.1. The highest BCUT2D eigenvalue weighted by atomic mass is 35.5. The maximum atomic E-state index is 12.3. The maximum Gasteiger partial charge on any atom is 0.257 e. The summed E-state index contributed by atoms with van der Waals surface area (Å²) in [5.74, 6) is -0.408. The van der Waals surface area contributed by atoms with E-state index < -0.39 is 5.91 Å². The predicted octanol–water partition coefficient (Wildman–Crippen LogP) is 4.12. The van der Waals surface area contributed by atoms with E-state index in [1.54, 1.807) is 36.4 Å². The third kappa shape index (κ3) is 3.54. The van der Waals surface area contributed by atoms with Gasteiger partial charge in [-0.3, -0.25) is 9.59 Å². The Morgan fingerprint density at radius 1 is 1.14 bits per heavy atom. The van der Waals surface area contributed by atoms with Crippen molar-refractivity contribution in [3.8, 4) is 0 Å². The normalized spacial score (nSPS) is 10.0. The highest BCUT2D eigenvalue weighted by Gasteiger charge is 2.14. The van der Waals surface area contributed by atoms with Crippen molar-refractivity contribution in [2.45, 2.75) is 6.92 Å². The number of benzene rings is 2. The summed E-state index contributed by atoms with van der Waals surface area (Å²) in [5, 5.41) is 5.84. The molecule has 0 aromatic heterocycles. The van der Waals surface area contributed by atoms with Gasteiger partial charge in [-0.1, -0.05) is 35.3 Å². The average Bonchev–Trinajstić information content (AvgIpc) is 2.43. The molecule has 0 fully saturated rings. The Hall–Kier alpha value is -2.04. The van der Waals surface area contributed by atoms with Gasteiger partial charge in [0.2, 0.25) is 6.41 Å². The fraction of sp³-hybridized carbons (Fsp3) is 0.0667. The van der Waals surface area contributed by atoms with Crippen molar-refractivity contribution in [2.24, 2.45) is 0 Å². The summed E-state index contributed by atoms with van der Waals surface area (Å²) < 4.78 is 0. The molecule has 2 amide bonds. The van der Waals surface area contributed by atoms with Crippen LogP contribution in [0.25, 0.3) is 0 Å². The molecule has 2 rings (SSSR count). The van der Waals surface area contributed by atoms with E-state index in [1.165, 1.54) is 0 Å². The number of hydrogen-bond donors (Lipinski definition) is 2. The highest BCUT2D eigenvalue weighted by molar-refractivity contribution is 6.40. The van der Waals surface area contributed by atoms with Gasteiger partial charge in [0.15, 0.2) is 0 Å². The van der Waals surface area contributed by atoms with Crippen LogP contribution < -0.4 is 10.6 Å². The summed E-state index contributed by atoms with van der Waals surface area (Å²) in [4.78, 5) is 23.0. The molecule has 0 unspecified atom stereocenters. The molecule has 21 heavy (non-hydrogen) atoms. The lowest BCUT2D eigenvalue weighted by Gasteiger charge is -2.12. The van der Waals surface area contributed by atoms with E-state index in [0.29, 0.717) is 33.4 Å². The maximum absolute atomic E-state index is 12.3. The van der Waals surface area contributed by atoms with E-state index >= 15 is 0 Å². The Labute approximate surface area is 132 Å². The van der Waals surface area contributed by atoms with Crippen LogP contribution in [0.3, 0.4) is 0 Å². The first-order valence-corrected chi connectivity index (χ1v) is 6.84. The summed E-state index contributed by atoms with van der Waals surface area (Å²) in [6, 6.07) is 10.1. The second kappa shape index (κ2) is 6.61. The number of anilines is 2. The van der Waals surface area contributed by atoms with Crippen molar-refractivity contribution < 1.29 is 9.59 Å². The van der Waals surface area contributed by atoms with E-state index in [2.05, 4.69) is 10.6 Å². The van der Waals surface area contributed by atoms with E-state index in [4.69, 9.17) is 23.2 Å². The van der Waals surface area contributed by atoms with Crippen LogP contribution in [0.2, 0.25) is 10.0 Å². The fourth-order valence-electron chi connectivity index (χ4n) is 1.84. The molecule has 0 aliphatic carbocycles. The van der Waals surface area contributed by atoms with E-state index in [-0.39, 0.29) is 0 Å². The molecule has 0 heterocycles. The highest BCUT2D eigenvalue weighted by Crippen LogP contribution is 2.30. The minimum atomic E-state index is -0.408. The van der Waals surface area contributed by atoms with E-state index in [9.17, 15) is 9.59 Å². The van der Waals surface area contributed by atoms with Gasteiger partial charge in [0.25, 0.3) is 5.91 Å². The second-order valence-corrected chi connectivity index (χ2v) is 5.18. The Morgan fingerprint density at radius 2 is 1.81 bits per heavy atom. The molecule has 0 aliphatic rings. The van der Waals surface area contributed by atoms with Gasteiger partial charge in [-0.25, -0.2) is 0 Å². The number of amides is 2. The minimum Gasteiger partial charge on any atom is -0.328 e. The SMILES string of the molecule is Cc1ccc(C(=O)Nc2c(Cl)cccc2Cl)c(NC=O)c1. The quantitative estimate of drug-likeness (QED) is 0.832. The topological polar surface area (TPSA) is 58.2 Å². The van der Waals surface area contributed by atoms with Crippen LogP contribution in [0, 0.1) is 6.92 Å². The van der Waals surface area contributed by atoms with Crippen LogP contribution in [0.1, 0.15) is 15.9 Å². The molecule has 2 aromatic rings. The predicted molar refractivity (Wildman–Crippen MR) is 85.3 cm³/mol. The number of halogens is 2. The molecular weight excluding hydrogens is 311 g/mol. The molecule has 2 aromatic carbocycles. The molecular formula is C15H12Cl2N2O2. The zero-order valence-corrected chi connectivity index (χ0v) is 12.6. The Morgan fingerprint density at radius 3 is 2.43 bits per heavy atom. The van der Waals surface area contributed by atoms with E-state index in [1.807, 2.05) is 6.92 Å². The van der Waals surface area contributed by atoms with Crippen molar-refractivity contribution in [2.75, 3.05) is 10.6 Å². The lowest BCUT2D eigenvalue weighted by molar-refractivity contribution is -0.105. The first kappa shape index (κ1) is 15.4. The Kier molecular flexibility index (Phi) is 4.83. The van der Waals surface area contributed by atoms with Gasteiger partial charge in [0.1, 0.15) is 0 Å². The molecule has 0 saturated heterocycles. The van der Waals surface area contributed by atoms with Crippen LogP contribution >= 0.6 is 23.2 Å². The molecule has 0 aliphatic heterocycles. The fourth-order valence-corrected chi connectivity index (χ4v) is 2.33. The molecule has 2 N–H and O–H groups in total. The van der Waals surface area contributed by atoms with Crippen LogP contribution in [0.5, 0.6) is 0 Å². The smallest absolute Gasteiger partial charge is 0.257 e. The molecule has 0 radical (unpaired) electrons. The number of para-hydroxylation sites is 1. The van der Waals surface area contributed by atoms with Crippen molar-refractivity contribution in [3.63, 3.8) is 0 Å². The van der Waals surface area contributed by atoms with Crippen LogP contribution in [0.4, 0.5) is 11.4 Å². The minimum absolute atomic E-state index is 0.323. The monoisotopic (exact) mass is 322 g/mol. The van der Waals surface area contributed by atoms with Crippen molar-refractivity contribution >= 4 is 46.9 Å². The molecule has 0 bridgehead atoms. The number of nitrogens with one attached hydrogen (secondary N) is 2. The third-order valence-corrected chi connectivity index (χ3v) is 3.47. The molecule has 0 atom stereocenters. The van der Waals surface area contributed by atoms with Crippen molar-refractivity contribution in [3.05, 3.63) is 57.6 Å². The summed E-state index contributed by atoms with van der Waals surface area (Å²) in [5.41, 5.74) is 2.00. The number of aryl methyl sites for hydroxylation is 1. The van der Waals surface area contributed by atoms with E-state index in [0.717, 1.165) is 5.56 Å². The zero-order chi connectivity index (χ0) is 15.4. The Balaban J connectivity index is 2.35. The van der Waals surface area contributed by atoms with Gasteiger partial charge in [-0.15, -0.1) is 0 Å². The standard InChI is InChI=1S/C15H12Cl2N2O2/c1-9-5-6-10(13(7-9)18-8-20)15(21)19-14-11(16)3-2-4-12(14)17/h2-8H,1H3,(H,18,20)(H,19,21). The second-order valence-electron chi connectivity index (χ2n) is 4.36. The molecule has 0 spiro atoms. The van der Waals surface area contributed by atoms with Crippen molar-refractivity contribution in [1.29, 1.82) is 0 Å². The van der Waals surface area contributed by atoms with Crippen LogP contribution in [0.15, 0.2) is 36.4 Å². The number of hydrogen-bond acceptors (Lipinski definition) is 2. The zero-order valence-electron chi connectivity index (χ0n) is 11.1. The average molecular weight is 323 g/mol.